The SMILES string of the molecule is CC1(C(=O)NC2(CN)CCCCC2)CCCCC1. The van der Waals surface area contributed by atoms with Gasteiger partial charge in [0.25, 0.3) is 0 Å². The van der Waals surface area contributed by atoms with Crippen molar-refractivity contribution in [2.45, 2.75) is 76.7 Å². The van der Waals surface area contributed by atoms with Crippen molar-refractivity contribution >= 4 is 5.91 Å². The van der Waals surface area contributed by atoms with Gasteiger partial charge >= 0.3 is 0 Å². The van der Waals surface area contributed by atoms with Gasteiger partial charge in [0.2, 0.25) is 5.91 Å². The summed E-state index contributed by atoms with van der Waals surface area (Å²) < 4.78 is 0. The third-order valence-corrected chi connectivity index (χ3v) is 5.09. The number of carbonyl (C=O) groups excluding carboxylic acids is 1. The number of nitrogens with two attached hydrogens (primary N) is 1. The van der Waals surface area contributed by atoms with E-state index in [4.69, 9.17) is 5.73 Å². The van der Waals surface area contributed by atoms with E-state index in [9.17, 15) is 4.79 Å². The van der Waals surface area contributed by atoms with Crippen LogP contribution in [0.5, 0.6) is 0 Å². The molecule has 2 aliphatic carbocycles. The second-order valence-corrected chi connectivity index (χ2v) is 6.62. The molecular weight excluding hydrogens is 224 g/mol. The molecule has 3 nitrogen and oxygen atoms in total. The summed E-state index contributed by atoms with van der Waals surface area (Å²) in [4.78, 5) is 12.6. The van der Waals surface area contributed by atoms with Crippen LogP contribution in [-0.2, 0) is 4.79 Å². The van der Waals surface area contributed by atoms with Gasteiger partial charge in [-0.05, 0) is 25.7 Å². The molecule has 0 aromatic heterocycles. The Labute approximate surface area is 111 Å². The van der Waals surface area contributed by atoms with Crippen LogP contribution < -0.4 is 11.1 Å². The molecule has 0 aromatic rings. The molecule has 0 heterocycles. The van der Waals surface area contributed by atoms with Crippen LogP contribution in [0.25, 0.3) is 0 Å². The Balaban J connectivity index is 2.00. The molecule has 0 spiro atoms. The van der Waals surface area contributed by atoms with Gasteiger partial charge in [0.15, 0.2) is 0 Å². The number of hydrogen-bond acceptors (Lipinski definition) is 2. The highest BCUT2D eigenvalue weighted by atomic mass is 16.2. The highest BCUT2D eigenvalue weighted by Gasteiger charge is 2.40. The highest BCUT2D eigenvalue weighted by Crippen LogP contribution is 2.37. The molecule has 2 rings (SSSR count). The normalized spacial score (nSPS) is 26.6. The summed E-state index contributed by atoms with van der Waals surface area (Å²) in [7, 11) is 0. The van der Waals surface area contributed by atoms with E-state index in [2.05, 4.69) is 12.2 Å². The van der Waals surface area contributed by atoms with Crippen molar-refractivity contribution in [1.29, 1.82) is 0 Å². The molecule has 3 heteroatoms. The maximum atomic E-state index is 12.6. The smallest absolute Gasteiger partial charge is 0.226 e. The Morgan fingerprint density at radius 3 is 2.00 bits per heavy atom. The Morgan fingerprint density at radius 2 is 1.50 bits per heavy atom. The molecule has 0 bridgehead atoms. The molecule has 0 aliphatic heterocycles. The van der Waals surface area contributed by atoms with E-state index < -0.39 is 0 Å². The summed E-state index contributed by atoms with van der Waals surface area (Å²) in [5, 5.41) is 3.33. The van der Waals surface area contributed by atoms with E-state index in [1.54, 1.807) is 0 Å². The van der Waals surface area contributed by atoms with Gasteiger partial charge < -0.3 is 11.1 Å². The van der Waals surface area contributed by atoms with Crippen LogP contribution >= 0.6 is 0 Å². The van der Waals surface area contributed by atoms with Crippen LogP contribution in [0.15, 0.2) is 0 Å². The maximum absolute atomic E-state index is 12.6. The third kappa shape index (κ3) is 2.87. The number of carbonyl (C=O) groups is 1. The van der Waals surface area contributed by atoms with Crippen LogP contribution in [0, 0.1) is 5.41 Å². The molecule has 0 aromatic carbocycles. The van der Waals surface area contributed by atoms with Crippen LogP contribution in [0.1, 0.15) is 71.1 Å². The van der Waals surface area contributed by atoms with Crippen LogP contribution in [0.3, 0.4) is 0 Å². The summed E-state index contributed by atoms with van der Waals surface area (Å²) in [6.07, 6.45) is 11.6. The van der Waals surface area contributed by atoms with Gasteiger partial charge in [0.05, 0.1) is 5.54 Å². The Hall–Kier alpha value is -0.570. The predicted molar refractivity (Wildman–Crippen MR) is 74.2 cm³/mol. The third-order valence-electron chi connectivity index (χ3n) is 5.09. The molecule has 18 heavy (non-hydrogen) atoms. The molecule has 3 N–H and O–H groups in total. The zero-order valence-corrected chi connectivity index (χ0v) is 11.8. The average molecular weight is 252 g/mol. The lowest BCUT2D eigenvalue weighted by molar-refractivity contribution is -0.134. The molecule has 0 unspecified atom stereocenters. The topological polar surface area (TPSA) is 55.1 Å². The largest absolute Gasteiger partial charge is 0.349 e. The first-order valence-corrected chi connectivity index (χ1v) is 7.63. The van der Waals surface area contributed by atoms with Crippen molar-refractivity contribution in [3.05, 3.63) is 0 Å². The Bertz CT molecular complexity index is 289. The van der Waals surface area contributed by atoms with Gasteiger partial charge in [-0.1, -0.05) is 45.4 Å². The summed E-state index contributed by atoms with van der Waals surface area (Å²) in [6.45, 7) is 2.73. The molecule has 0 radical (unpaired) electrons. The van der Waals surface area contributed by atoms with Gasteiger partial charge in [-0.25, -0.2) is 0 Å². The summed E-state index contributed by atoms with van der Waals surface area (Å²) in [5.74, 6) is 0.259. The minimum absolute atomic E-state index is 0.101. The summed E-state index contributed by atoms with van der Waals surface area (Å²) in [5.41, 5.74) is 5.70. The van der Waals surface area contributed by atoms with Crippen molar-refractivity contribution in [1.82, 2.24) is 5.32 Å². The second-order valence-electron chi connectivity index (χ2n) is 6.62. The predicted octanol–water partition coefficient (Wildman–Crippen LogP) is 2.73. The number of rotatable bonds is 3. The fraction of sp³-hybridized carbons (Fsp3) is 0.933. The molecular formula is C15H28N2O. The lowest BCUT2D eigenvalue weighted by Gasteiger charge is -2.41. The summed E-state index contributed by atoms with van der Waals surface area (Å²) >= 11 is 0. The van der Waals surface area contributed by atoms with Crippen molar-refractivity contribution in [2.75, 3.05) is 6.54 Å². The van der Waals surface area contributed by atoms with Gasteiger partial charge in [-0.2, -0.15) is 0 Å². The Kier molecular flexibility index (Phi) is 4.31. The Morgan fingerprint density at radius 1 is 1.00 bits per heavy atom. The first-order valence-electron chi connectivity index (χ1n) is 7.63. The molecule has 104 valence electrons. The van der Waals surface area contributed by atoms with Crippen LogP contribution in [0.2, 0.25) is 0 Å². The standard InChI is InChI=1S/C15H28N2O/c1-14(8-4-2-5-9-14)13(18)17-15(12-16)10-6-3-7-11-15/h2-12,16H2,1H3,(H,17,18). The van der Waals surface area contributed by atoms with E-state index >= 15 is 0 Å². The van der Waals surface area contributed by atoms with E-state index in [0.717, 1.165) is 25.7 Å². The average Bonchev–Trinajstić information content (AvgIpc) is 2.40. The lowest BCUT2D eigenvalue weighted by Crippen LogP contribution is -2.58. The number of hydrogen-bond donors (Lipinski definition) is 2. The van der Waals surface area contributed by atoms with Crippen molar-refractivity contribution in [3.63, 3.8) is 0 Å². The minimum Gasteiger partial charge on any atom is -0.349 e. The molecule has 2 saturated carbocycles. The van der Waals surface area contributed by atoms with Gasteiger partial charge in [0, 0.05) is 12.0 Å². The number of amides is 1. The molecule has 1 amide bonds. The van der Waals surface area contributed by atoms with Gasteiger partial charge in [-0.15, -0.1) is 0 Å². The van der Waals surface area contributed by atoms with Crippen LogP contribution in [-0.4, -0.2) is 18.0 Å². The maximum Gasteiger partial charge on any atom is 0.226 e. The quantitative estimate of drug-likeness (QED) is 0.811. The van der Waals surface area contributed by atoms with Crippen molar-refractivity contribution < 1.29 is 4.79 Å². The van der Waals surface area contributed by atoms with Gasteiger partial charge in [0.1, 0.15) is 0 Å². The molecule has 0 atom stereocenters. The minimum atomic E-state index is -0.141. The first-order chi connectivity index (χ1) is 8.60. The zero-order chi connectivity index (χ0) is 13.1. The van der Waals surface area contributed by atoms with E-state index in [1.807, 2.05) is 0 Å². The van der Waals surface area contributed by atoms with Gasteiger partial charge in [-0.3, -0.25) is 4.79 Å². The van der Waals surface area contributed by atoms with E-state index in [1.165, 1.54) is 38.5 Å². The van der Waals surface area contributed by atoms with Crippen molar-refractivity contribution in [3.8, 4) is 0 Å². The molecule has 2 fully saturated rings. The van der Waals surface area contributed by atoms with E-state index in [0.29, 0.717) is 6.54 Å². The fourth-order valence-corrected chi connectivity index (χ4v) is 3.56. The lowest BCUT2D eigenvalue weighted by atomic mass is 9.73. The summed E-state index contributed by atoms with van der Waals surface area (Å²) in [6, 6.07) is 0. The van der Waals surface area contributed by atoms with Crippen molar-refractivity contribution in [2.24, 2.45) is 11.1 Å². The highest BCUT2D eigenvalue weighted by molar-refractivity contribution is 5.83. The second kappa shape index (κ2) is 5.60. The fourth-order valence-electron chi connectivity index (χ4n) is 3.56. The first kappa shape index (κ1) is 13.9. The number of nitrogens with one attached hydrogen (secondary N) is 1. The van der Waals surface area contributed by atoms with E-state index in [-0.39, 0.29) is 16.9 Å². The molecule has 2 aliphatic rings. The monoisotopic (exact) mass is 252 g/mol. The zero-order valence-electron chi connectivity index (χ0n) is 11.8. The van der Waals surface area contributed by atoms with Crippen LogP contribution in [0.4, 0.5) is 0 Å². The molecule has 0 saturated heterocycles.